The van der Waals surface area contributed by atoms with E-state index in [4.69, 9.17) is 0 Å². The highest BCUT2D eigenvalue weighted by Crippen LogP contribution is 2.25. The maximum Gasteiger partial charge on any atom is 0.286 e. The number of hydrogen-bond donors (Lipinski definition) is 3. The third-order valence-corrected chi connectivity index (χ3v) is 3.00. The molecule has 6 heteroatoms. The number of carbonyl (C=O) groups is 1. The molecular formula is C12H15ClN4O. The van der Waals surface area contributed by atoms with Crippen LogP contribution in [-0.4, -0.2) is 19.0 Å². The lowest BCUT2D eigenvalue weighted by atomic mass is 10.2. The normalized spacial score (nSPS) is 16.4. The van der Waals surface area contributed by atoms with Gasteiger partial charge in [-0.05, 0) is 24.1 Å². The van der Waals surface area contributed by atoms with E-state index < -0.39 is 0 Å². The molecule has 2 aliphatic heterocycles. The first-order valence-electron chi connectivity index (χ1n) is 5.70. The van der Waals surface area contributed by atoms with Gasteiger partial charge in [-0.25, -0.2) is 5.43 Å². The van der Waals surface area contributed by atoms with E-state index in [1.165, 1.54) is 5.56 Å². The molecule has 18 heavy (non-hydrogen) atoms. The van der Waals surface area contributed by atoms with Crippen molar-refractivity contribution in [3.63, 3.8) is 0 Å². The second kappa shape index (κ2) is 5.29. The van der Waals surface area contributed by atoms with Crippen LogP contribution in [0, 0.1) is 0 Å². The molecule has 0 radical (unpaired) electrons. The number of rotatable bonds is 2. The van der Waals surface area contributed by atoms with Gasteiger partial charge >= 0.3 is 0 Å². The fourth-order valence-electron chi connectivity index (χ4n) is 2.14. The van der Waals surface area contributed by atoms with Gasteiger partial charge < -0.3 is 5.43 Å². The van der Waals surface area contributed by atoms with Crippen molar-refractivity contribution in [2.24, 2.45) is 0 Å². The first-order valence-corrected chi connectivity index (χ1v) is 5.70. The zero-order valence-electron chi connectivity index (χ0n) is 9.77. The largest absolute Gasteiger partial charge is 0.317 e. The Kier molecular flexibility index (Phi) is 3.74. The highest BCUT2D eigenvalue weighted by Gasteiger charge is 2.22. The number of hydrogen-bond acceptors (Lipinski definition) is 4. The highest BCUT2D eigenvalue weighted by molar-refractivity contribution is 5.94. The van der Waals surface area contributed by atoms with Crippen molar-refractivity contribution in [1.82, 2.24) is 16.3 Å². The monoisotopic (exact) mass is 266 g/mol. The maximum absolute atomic E-state index is 11.9. The van der Waals surface area contributed by atoms with Gasteiger partial charge in [0.05, 0.1) is 5.69 Å². The number of halogens is 1. The van der Waals surface area contributed by atoms with Crippen LogP contribution in [0.15, 0.2) is 36.0 Å². The fourth-order valence-corrected chi connectivity index (χ4v) is 2.14. The predicted molar refractivity (Wildman–Crippen MR) is 72.1 cm³/mol. The first kappa shape index (κ1) is 12.7. The standard InChI is InChI=1S/C12H14N4O.ClH/c17-12(10-5-7-13-14-10)15-16-8-6-9-3-1-2-4-11(9)16;/h1-5,13-14H,6-8H2,(H,15,17);1H. The van der Waals surface area contributed by atoms with Gasteiger partial charge in [0.2, 0.25) is 0 Å². The van der Waals surface area contributed by atoms with Gasteiger partial charge in [0.1, 0.15) is 5.70 Å². The molecule has 2 aliphatic rings. The average Bonchev–Trinajstić information content (AvgIpc) is 2.98. The molecule has 0 bridgehead atoms. The lowest BCUT2D eigenvalue weighted by molar-refractivity contribution is -0.118. The van der Waals surface area contributed by atoms with Crippen LogP contribution in [0.5, 0.6) is 0 Å². The van der Waals surface area contributed by atoms with E-state index in [1.807, 2.05) is 29.3 Å². The summed E-state index contributed by atoms with van der Waals surface area (Å²) in [6.45, 7) is 1.51. The van der Waals surface area contributed by atoms with Gasteiger partial charge in [-0.3, -0.25) is 15.2 Å². The van der Waals surface area contributed by atoms with Crippen LogP contribution in [0.3, 0.4) is 0 Å². The Morgan fingerprint density at radius 3 is 2.94 bits per heavy atom. The number of nitrogens with one attached hydrogen (secondary N) is 3. The number of benzene rings is 1. The Morgan fingerprint density at radius 2 is 2.17 bits per heavy atom. The molecule has 1 amide bonds. The Labute approximate surface area is 112 Å². The molecule has 0 atom stereocenters. The van der Waals surface area contributed by atoms with Crippen LogP contribution in [0.1, 0.15) is 5.56 Å². The lowest BCUT2D eigenvalue weighted by Gasteiger charge is -2.20. The smallest absolute Gasteiger partial charge is 0.286 e. The predicted octanol–water partition coefficient (Wildman–Crippen LogP) is 0.494. The minimum atomic E-state index is -0.105. The summed E-state index contributed by atoms with van der Waals surface area (Å²) in [5.74, 6) is -0.105. The minimum absolute atomic E-state index is 0. The van der Waals surface area contributed by atoms with Crippen LogP contribution in [-0.2, 0) is 11.2 Å². The Balaban J connectivity index is 0.00000120. The summed E-state index contributed by atoms with van der Waals surface area (Å²) in [5, 5.41) is 1.90. The van der Waals surface area contributed by atoms with E-state index in [0.717, 1.165) is 18.7 Å². The summed E-state index contributed by atoms with van der Waals surface area (Å²) >= 11 is 0. The minimum Gasteiger partial charge on any atom is -0.317 e. The molecule has 0 unspecified atom stereocenters. The Morgan fingerprint density at radius 1 is 1.33 bits per heavy atom. The van der Waals surface area contributed by atoms with Crippen molar-refractivity contribution in [2.75, 3.05) is 18.1 Å². The summed E-state index contributed by atoms with van der Waals surface area (Å²) < 4.78 is 0. The lowest BCUT2D eigenvalue weighted by Crippen LogP contribution is -2.44. The Hall–Kier alpha value is -1.72. The molecule has 5 nitrogen and oxygen atoms in total. The zero-order valence-corrected chi connectivity index (χ0v) is 10.6. The SMILES string of the molecule is Cl.O=C(NN1CCc2ccccc21)C1=CCNN1. The van der Waals surface area contributed by atoms with Crippen molar-refractivity contribution in [3.8, 4) is 0 Å². The number of anilines is 1. The third-order valence-electron chi connectivity index (χ3n) is 3.00. The molecule has 1 aromatic rings. The van der Waals surface area contributed by atoms with Crippen molar-refractivity contribution < 1.29 is 4.79 Å². The molecule has 2 heterocycles. The van der Waals surface area contributed by atoms with E-state index in [0.29, 0.717) is 12.2 Å². The third kappa shape index (κ3) is 2.27. The molecule has 3 rings (SSSR count). The van der Waals surface area contributed by atoms with Gasteiger partial charge in [-0.2, -0.15) is 0 Å². The number of amides is 1. The molecule has 0 aliphatic carbocycles. The van der Waals surface area contributed by atoms with Gasteiger partial charge in [0.15, 0.2) is 0 Å². The molecule has 0 saturated carbocycles. The number of nitrogens with zero attached hydrogens (tertiary/aromatic N) is 1. The number of fused-ring (bicyclic) bond motifs is 1. The average molecular weight is 267 g/mol. The summed E-state index contributed by atoms with van der Waals surface area (Å²) in [4.78, 5) is 11.9. The van der Waals surface area contributed by atoms with E-state index >= 15 is 0 Å². The van der Waals surface area contributed by atoms with Crippen molar-refractivity contribution >= 4 is 24.0 Å². The van der Waals surface area contributed by atoms with E-state index in [9.17, 15) is 4.79 Å². The molecule has 0 fully saturated rings. The molecule has 0 aromatic heterocycles. The fraction of sp³-hybridized carbons (Fsp3) is 0.250. The molecular weight excluding hydrogens is 252 g/mol. The summed E-state index contributed by atoms with van der Waals surface area (Å²) in [7, 11) is 0. The van der Waals surface area contributed by atoms with Crippen LogP contribution in [0.2, 0.25) is 0 Å². The van der Waals surface area contributed by atoms with E-state index in [2.05, 4.69) is 22.3 Å². The summed E-state index contributed by atoms with van der Waals surface area (Å²) in [5.41, 5.74) is 11.5. The van der Waals surface area contributed by atoms with Gasteiger partial charge in [0, 0.05) is 13.1 Å². The number of hydrazine groups is 2. The van der Waals surface area contributed by atoms with Crippen molar-refractivity contribution in [2.45, 2.75) is 6.42 Å². The molecule has 1 aromatic carbocycles. The zero-order chi connectivity index (χ0) is 11.7. The summed E-state index contributed by atoms with van der Waals surface area (Å²) in [6, 6.07) is 8.13. The van der Waals surface area contributed by atoms with E-state index in [-0.39, 0.29) is 18.3 Å². The molecule has 3 N–H and O–H groups in total. The maximum atomic E-state index is 11.9. The molecule has 96 valence electrons. The van der Waals surface area contributed by atoms with Crippen LogP contribution in [0.25, 0.3) is 0 Å². The second-order valence-electron chi connectivity index (χ2n) is 4.09. The quantitative estimate of drug-likeness (QED) is 0.730. The topological polar surface area (TPSA) is 56.4 Å². The number of para-hydroxylation sites is 1. The van der Waals surface area contributed by atoms with Gasteiger partial charge in [-0.15, -0.1) is 12.4 Å². The molecule has 0 saturated heterocycles. The highest BCUT2D eigenvalue weighted by atomic mass is 35.5. The first-order chi connectivity index (χ1) is 8.34. The second-order valence-corrected chi connectivity index (χ2v) is 4.09. The molecule has 0 spiro atoms. The van der Waals surface area contributed by atoms with Gasteiger partial charge in [0.25, 0.3) is 5.91 Å². The summed E-state index contributed by atoms with van der Waals surface area (Å²) in [6.07, 6.45) is 2.80. The van der Waals surface area contributed by atoms with Crippen LogP contribution in [0.4, 0.5) is 5.69 Å². The van der Waals surface area contributed by atoms with Crippen molar-refractivity contribution in [3.05, 3.63) is 41.6 Å². The van der Waals surface area contributed by atoms with Crippen LogP contribution < -0.4 is 21.3 Å². The van der Waals surface area contributed by atoms with E-state index in [1.54, 1.807) is 0 Å². The van der Waals surface area contributed by atoms with Crippen molar-refractivity contribution in [1.29, 1.82) is 0 Å². The number of carbonyl (C=O) groups excluding carboxylic acids is 1. The Bertz CT molecular complexity index is 489. The van der Waals surface area contributed by atoms with Crippen LogP contribution >= 0.6 is 12.4 Å². The van der Waals surface area contributed by atoms with Gasteiger partial charge in [-0.1, -0.05) is 18.2 Å².